The van der Waals surface area contributed by atoms with Crippen LogP contribution in [0, 0.1) is 0 Å². The Labute approximate surface area is 53.1 Å². The molecule has 0 nitrogen and oxygen atoms in total. The second-order valence-electron chi connectivity index (χ2n) is 1.46. The van der Waals surface area contributed by atoms with Crippen molar-refractivity contribution >= 4 is 0 Å². The van der Waals surface area contributed by atoms with Gasteiger partial charge in [-0.1, -0.05) is 0 Å². The van der Waals surface area contributed by atoms with Crippen molar-refractivity contribution in [3.05, 3.63) is 10.2 Å². The third kappa shape index (κ3) is 1.76. The summed E-state index contributed by atoms with van der Waals surface area (Å²) in [7, 11) is 0. The van der Waals surface area contributed by atoms with Gasteiger partial charge in [-0.15, -0.1) is 0 Å². The van der Waals surface area contributed by atoms with Crippen molar-refractivity contribution in [3.8, 4) is 0 Å². The van der Waals surface area contributed by atoms with Crippen molar-refractivity contribution in [2.24, 2.45) is 0 Å². The first-order valence-electron chi connectivity index (χ1n) is 2.30. The van der Waals surface area contributed by atoms with Crippen molar-refractivity contribution in [3.63, 3.8) is 0 Å². The molecular formula is C5H7FI-. The van der Waals surface area contributed by atoms with E-state index in [-0.39, 0.29) is 21.2 Å². The summed E-state index contributed by atoms with van der Waals surface area (Å²) in [5, 5.41) is 0. The van der Waals surface area contributed by atoms with Crippen LogP contribution in [0.4, 0.5) is 4.39 Å². The van der Waals surface area contributed by atoms with Gasteiger partial charge in [0.2, 0.25) is 0 Å². The van der Waals surface area contributed by atoms with Gasteiger partial charge in [-0.3, -0.25) is 0 Å². The van der Waals surface area contributed by atoms with Crippen LogP contribution in [0.5, 0.6) is 0 Å². The van der Waals surface area contributed by atoms with Crippen molar-refractivity contribution in [2.45, 2.75) is 17.0 Å². The van der Waals surface area contributed by atoms with Crippen LogP contribution in [0.1, 0.15) is 12.8 Å². The maximum atomic E-state index is 12.2. The molecule has 0 bridgehead atoms. The molecule has 0 aromatic heterocycles. The summed E-state index contributed by atoms with van der Waals surface area (Å²) < 4.78 is 13.8. The normalized spacial score (nSPS) is 31.9. The SMILES string of the molecule is FC1CCC=C[I-]1. The van der Waals surface area contributed by atoms with E-state index in [1.165, 1.54) is 0 Å². The second-order valence-corrected chi connectivity index (χ2v) is 4.25. The Kier molecular flexibility index (Phi) is 2.09. The van der Waals surface area contributed by atoms with E-state index in [1.807, 2.05) is 4.08 Å². The van der Waals surface area contributed by atoms with Crippen LogP contribution in [-0.2, 0) is 0 Å². The Balaban J connectivity index is 2.32. The van der Waals surface area contributed by atoms with E-state index in [0.29, 0.717) is 0 Å². The molecule has 0 saturated carbocycles. The topological polar surface area (TPSA) is 0 Å². The van der Waals surface area contributed by atoms with E-state index in [4.69, 9.17) is 0 Å². The van der Waals surface area contributed by atoms with Gasteiger partial charge in [0.05, 0.1) is 0 Å². The second kappa shape index (κ2) is 2.64. The van der Waals surface area contributed by atoms with E-state index in [1.54, 1.807) is 0 Å². The fourth-order valence-electron chi connectivity index (χ4n) is 0.479. The molecule has 0 aromatic carbocycles. The molecule has 1 heterocycles. The van der Waals surface area contributed by atoms with Gasteiger partial charge in [0, 0.05) is 0 Å². The van der Waals surface area contributed by atoms with Gasteiger partial charge in [0.25, 0.3) is 0 Å². The van der Waals surface area contributed by atoms with Crippen molar-refractivity contribution in [2.75, 3.05) is 0 Å². The molecule has 0 aliphatic carbocycles. The Hall–Kier alpha value is 0.400. The summed E-state index contributed by atoms with van der Waals surface area (Å²) >= 11 is -0.195. The van der Waals surface area contributed by atoms with Crippen molar-refractivity contribution in [1.29, 1.82) is 0 Å². The van der Waals surface area contributed by atoms with Gasteiger partial charge in [-0.2, -0.15) is 0 Å². The van der Waals surface area contributed by atoms with Gasteiger partial charge in [0.15, 0.2) is 0 Å². The summed E-state index contributed by atoms with van der Waals surface area (Å²) in [5.74, 6) is 0. The van der Waals surface area contributed by atoms with Crippen molar-refractivity contribution < 1.29 is 25.6 Å². The van der Waals surface area contributed by atoms with E-state index < -0.39 is 4.18 Å². The molecule has 7 heavy (non-hydrogen) atoms. The molecule has 42 valence electrons. The van der Waals surface area contributed by atoms with Gasteiger partial charge < -0.3 is 0 Å². The zero-order valence-electron chi connectivity index (χ0n) is 3.90. The quantitative estimate of drug-likeness (QED) is 0.346. The summed E-state index contributed by atoms with van der Waals surface area (Å²) in [6.45, 7) is 0. The van der Waals surface area contributed by atoms with Gasteiger partial charge >= 0.3 is 52.8 Å². The zero-order valence-corrected chi connectivity index (χ0v) is 6.06. The first-order chi connectivity index (χ1) is 3.39. The summed E-state index contributed by atoms with van der Waals surface area (Å²) in [6.07, 6.45) is 3.83. The molecule has 1 aliphatic rings. The molecule has 0 amide bonds. The van der Waals surface area contributed by atoms with Gasteiger partial charge in [0.1, 0.15) is 0 Å². The first kappa shape index (κ1) is 5.54. The van der Waals surface area contributed by atoms with E-state index in [0.717, 1.165) is 12.8 Å². The predicted octanol–water partition coefficient (Wildman–Crippen LogP) is -1.32. The van der Waals surface area contributed by atoms with Gasteiger partial charge in [-0.05, 0) is 0 Å². The molecular weight excluding hydrogens is 206 g/mol. The molecule has 0 aromatic rings. The monoisotopic (exact) mass is 213 g/mol. The summed E-state index contributed by atoms with van der Waals surface area (Å²) in [5.41, 5.74) is 0. The van der Waals surface area contributed by atoms with Crippen LogP contribution >= 0.6 is 0 Å². The van der Waals surface area contributed by atoms with Crippen LogP contribution in [0.25, 0.3) is 0 Å². The maximum absolute atomic E-state index is 12.2. The molecule has 1 rings (SSSR count). The van der Waals surface area contributed by atoms with Crippen LogP contribution in [0.2, 0.25) is 0 Å². The van der Waals surface area contributed by atoms with Crippen LogP contribution in [0.15, 0.2) is 10.2 Å². The molecule has 0 fully saturated rings. The molecule has 1 unspecified atom stereocenters. The number of hydrogen-bond acceptors (Lipinski definition) is 0. The molecule has 0 N–H and O–H groups in total. The average Bonchev–Trinajstić information content (AvgIpc) is 1.69. The van der Waals surface area contributed by atoms with Crippen molar-refractivity contribution in [1.82, 2.24) is 0 Å². The number of rotatable bonds is 0. The van der Waals surface area contributed by atoms with Crippen LogP contribution < -0.4 is 21.2 Å². The molecule has 0 radical (unpaired) electrons. The predicted molar refractivity (Wildman–Crippen MR) is 23.3 cm³/mol. The molecule has 0 saturated heterocycles. The number of hydrogen-bond donors (Lipinski definition) is 0. The minimum atomic E-state index is -0.441. The Bertz CT molecular complexity index is 80.1. The van der Waals surface area contributed by atoms with E-state index in [9.17, 15) is 4.39 Å². The Morgan fingerprint density at radius 2 is 2.57 bits per heavy atom. The fourth-order valence-corrected chi connectivity index (χ4v) is 2.30. The number of alkyl halides is 2. The third-order valence-electron chi connectivity index (χ3n) is 0.850. The minimum absolute atomic E-state index is 0.195. The Morgan fingerprint density at radius 1 is 1.71 bits per heavy atom. The summed E-state index contributed by atoms with van der Waals surface area (Å²) in [6, 6.07) is 0. The molecule has 0 spiro atoms. The van der Waals surface area contributed by atoms with Gasteiger partial charge in [-0.25, -0.2) is 0 Å². The van der Waals surface area contributed by atoms with E-state index >= 15 is 0 Å². The average molecular weight is 213 g/mol. The standard InChI is InChI=1S/C5H7FI/c6-5-3-1-2-4-7-5/h2,4-5H,1,3H2/q-1. The van der Waals surface area contributed by atoms with Crippen LogP contribution in [-0.4, -0.2) is 4.18 Å². The van der Waals surface area contributed by atoms with Crippen LogP contribution in [0.3, 0.4) is 0 Å². The number of allylic oxidation sites excluding steroid dienone is 1. The zero-order chi connectivity index (χ0) is 5.11. The Morgan fingerprint density at radius 3 is 2.86 bits per heavy atom. The number of halogens is 2. The van der Waals surface area contributed by atoms with E-state index in [2.05, 4.69) is 6.08 Å². The molecule has 2 heteroatoms. The summed E-state index contributed by atoms with van der Waals surface area (Å²) in [4.78, 5) is 0. The first-order valence-corrected chi connectivity index (χ1v) is 4.80. The molecule has 1 aliphatic heterocycles. The molecule has 1 atom stereocenters. The fraction of sp³-hybridized carbons (Fsp3) is 0.600. The third-order valence-corrected chi connectivity index (χ3v) is 3.18.